The van der Waals surface area contributed by atoms with Crippen LogP contribution in [0.4, 0.5) is 8.78 Å². The van der Waals surface area contributed by atoms with E-state index in [9.17, 15) is 13.9 Å². The highest BCUT2D eigenvalue weighted by Gasteiger charge is 2.23. The van der Waals surface area contributed by atoms with E-state index in [0.29, 0.717) is 6.54 Å². The molecule has 1 heterocycles. The molecule has 0 aromatic heterocycles. The van der Waals surface area contributed by atoms with E-state index in [2.05, 4.69) is 4.90 Å². The van der Waals surface area contributed by atoms with Gasteiger partial charge in [-0.1, -0.05) is 0 Å². The van der Waals surface area contributed by atoms with Crippen molar-refractivity contribution in [3.05, 3.63) is 29.8 Å². The average molecular weight is 301 g/mol. The van der Waals surface area contributed by atoms with Crippen molar-refractivity contribution in [3.63, 3.8) is 0 Å². The van der Waals surface area contributed by atoms with Crippen LogP contribution in [0.1, 0.15) is 13.8 Å². The minimum Gasteiger partial charge on any atom is -0.491 e. The van der Waals surface area contributed by atoms with Gasteiger partial charge < -0.3 is 14.6 Å². The molecular weight excluding hydrogens is 280 g/mol. The Morgan fingerprint density at radius 2 is 1.95 bits per heavy atom. The van der Waals surface area contributed by atoms with E-state index in [-0.39, 0.29) is 24.6 Å². The van der Waals surface area contributed by atoms with Crippen LogP contribution in [0, 0.1) is 11.6 Å². The lowest BCUT2D eigenvalue weighted by atomic mass is 10.2. The molecule has 1 aromatic carbocycles. The summed E-state index contributed by atoms with van der Waals surface area (Å²) in [7, 11) is 0. The summed E-state index contributed by atoms with van der Waals surface area (Å²) in [6, 6.07) is 3.31. The summed E-state index contributed by atoms with van der Waals surface area (Å²) in [6.07, 6.45) is -0.434. The van der Waals surface area contributed by atoms with Gasteiger partial charge in [-0.25, -0.2) is 8.78 Å². The summed E-state index contributed by atoms with van der Waals surface area (Å²) in [6.45, 7) is 5.99. The molecule has 118 valence electrons. The average Bonchev–Trinajstić information content (AvgIpc) is 2.39. The van der Waals surface area contributed by atoms with E-state index in [1.807, 2.05) is 13.8 Å². The fourth-order valence-electron chi connectivity index (χ4n) is 2.54. The number of hydrogen-bond acceptors (Lipinski definition) is 4. The van der Waals surface area contributed by atoms with Crippen LogP contribution in [0.25, 0.3) is 0 Å². The second-order valence-corrected chi connectivity index (χ2v) is 5.52. The Kier molecular flexibility index (Phi) is 5.50. The van der Waals surface area contributed by atoms with Gasteiger partial charge in [-0.3, -0.25) is 4.90 Å². The highest BCUT2D eigenvalue weighted by Crippen LogP contribution is 2.16. The number of halogens is 2. The van der Waals surface area contributed by atoms with Gasteiger partial charge in [-0.05, 0) is 26.0 Å². The highest BCUT2D eigenvalue weighted by molar-refractivity contribution is 5.23. The largest absolute Gasteiger partial charge is 0.491 e. The summed E-state index contributed by atoms with van der Waals surface area (Å²) in [5.41, 5.74) is 0. The summed E-state index contributed by atoms with van der Waals surface area (Å²) < 4.78 is 36.7. The lowest BCUT2D eigenvalue weighted by Gasteiger charge is -2.36. The third kappa shape index (κ3) is 4.91. The molecule has 1 saturated heterocycles. The van der Waals surface area contributed by atoms with Crippen LogP contribution in [-0.2, 0) is 4.74 Å². The summed E-state index contributed by atoms with van der Waals surface area (Å²) in [5, 5.41) is 9.98. The number of hydrogen-bond donors (Lipinski definition) is 1. The topological polar surface area (TPSA) is 41.9 Å². The first kappa shape index (κ1) is 16.1. The first-order valence-electron chi connectivity index (χ1n) is 7.07. The van der Waals surface area contributed by atoms with Gasteiger partial charge in [0.1, 0.15) is 18.5 Å². The molecule has 3 unspecified atom stereocenters. The van der Waals surface area contributed by atoms with Crippen LogP contribution in [-0.4, -0.2) is 54.6 Å². The second-order valence-electron chi connectivity index (χ2n) is 5.52. The SMILES string of the molecule is CC1CN(CC(O)COc2ccc(F)c(F)c2)CC(C)O1. The van der Waals surface area contributed by atoms with E-state index in [4.69, 9.17) is 9.47 Å². The number of aliphatic hydroxyl groups excluding tert-OH is 1. The molecule has 4 nitrogen and oxygen atoms in total. The Morgan fingerprint density at radius 1 is 1.29 bits per heavy atom. The van der Waals surface area contributed by atoms with Crippen LogP contribution in [0.3, 0.4) is 0 Å². The van der Waals surface area contributed by atoms with Crippen molar-refractivity contribution in [2.45, 2.75) is 32.2 Å². The molecule has 0 saturated carbocycles. The van der Waals surface area contributed by atoms with Gasteiger partial charge in [0.15, 0.2) is 11.6 Å². The Bertz CT molecular complexity index is 462. The molecule has 1 N–H and O–H groups in total. The van der Waals surface area contributed by atoms with Gasteiger partial charge in [-0.2, -0.15) is 0 Å². The van der Waals surface area contributed by atoms with Crippen LogP contribution in [0.5, 0.6) is 5.75 Å². The van der Waals surface area contributed by atoms with Crippen molar-refractivity contribution in [2.75, 3.05) is 26.2 Å². The van der Waals surface area contributed by atoms with Crippen LogP contribution in [0.2, 0.25) is 0 Å². The van der Waals surface area contributed by atoms with E-state index in [1.165, 1.54) is 6.07 Å². The minimum atomic E-state index is -0.960. The number of nitrogens with zero attached hydrogens (tertiary/aromatic N) is 1. The summed E-state index contributed by atoms with van der Waals surface area (Å²) in [4.78, 5) is 2.11. The van der Waals surface area contributed by atoms with Crippen LogP contribution < -0.4 is 4.74 Å². The maximum Gasteiger partial charge on any atom is 0.162 e. The quantitative estimate of drug-likeness (QED) is 0.901. The normalized spacial score (nSPS) is 24.8. The number of ether oxygens (including phenoxy) is 2. The van der Waals surface area contributed by atoms with Crippen molar-refractivity contribution in [1.82, 2.24) is 4.90 Å². The molecule has 0 amide bonds. The van der Waals surface area contributed by atoms with E-state index >= 15 is 0 Å². The molecule has 0 aliphatic carbocycles. The molecule has 1 fully saturated rings. The zero-order valence-corrected chi connectivity index (χ0v) is 12.3. The Morgan fingerprint density at radius 3 is 2.57 bits per heavy atom. The second kappa shape index (κ2) is 7.15. The molecule has 2 rings (SSSR count). The van der Waals surface area contributed by atoms with Gasteiger partial charge in [0.05, 0.1) is 12.2 Å². The van der Waals surface area contributed by atoms with Crippen molar-refractivity contribution < 1.29 is 23.4 Å². The number of β-amino-alcohol motifs (C(OH)–C–C–N with tert-alkyl or cyclic N) is 1. The van der Waals surface area contributed by atoms with E-state index in [1.54, 1.807) is 0 Å². The first-order chi connectivity index (χ1) is 9.94. The number of benzene rings is 1. The van der Waals surface area contributed by atoms with Crippen molar-refractivity contribution in [2.24, 2.45) is 0 Å². The van der Waals surface area contributed by atoms with Gasteiger partial charge in [-0.15, -0.1) is 0 Å². The molecule has 21 heavy (non-hydrogen) atoms. The van der Waals surface area contributed by atoms with Crippen molar-refractivity contribution >= 4 is 0 Å². The van der Waals surface area contributed by atoms with Crippen LogP contribution >= 0.6 is 0 Å². The number of rotatable bonds is 5. The predicted octanol–water partition coefficient (Wildman–Crippen LogP) is 1.81. The monoisotopic (exact) mass is 301 g/mol. The molecule has 3 atom stereocenters. The van der Waals surface area contributed by atoms with Crippen LogP contribution in [0.15, 0.2) is 18.2 Å². The lowest BCUT2D eigenvalue weighted by molar-refractivity contribution is -0.0786. The molecule has 6 heteroatoms. The Balaban J connectivity index is 1.79. The Labute approximate surface area is 123 Å². The highest BCUT2D eigenvalue weighted by atomic mass is 19.2. The molecule has 0 radical (unpaired) electrons. The van der Waals surface area contributed by atoms with Gasteiger partial charge in [0.25, 0.3) is 0 Å². The molecule has 0 spiro atoms. The summed E-state index contributed by atoms with van der Waals surface area (Å²) >= 11 is 0. The molecule has 1 aromatic rings. The lowest BCUT2D eigenvalue weighted by Crippen LogP contribution is -2.48. The van der Waals surface area contributed by atoms with Crippen molar-refractivity contribution in [1.29, 1.82) is 0 Å². The van der Waals surface area contributed by atoms with E-state index in [0.717, 1.165) is 25.2 Å². The van der Waals surface area contributed by atoms with Crippen molar-refractivity contribution in [3.8, 4) is 5.75 Å². The fraction of sp³-hybridized carbons (Fsp3) is 0.600. The molecule has 0 bridgehead atoms. The molecular formula is C15H21F2NO3. The molecule has 1 aliphatic heterocycles. The third-order valence-electron chi connectivity index (χ3n) is 3.30. The number of morpholine rings is 1. The standard InChI is InChI=1S/C15H21F2NO3/c1-10-6-18(7-11(2)21-10)8-12(19)9-20-13-3-4-14(16)15(17)5-13/h3-5,10-12,19H,6-9H2,1-2H3. The maximum atomic E-state index is 13.0. The predicted molar refractivity (Wildman–Crippen MR) is 74.3 cm³/mol. The molecule has 1 aliphatic rings. The first-order valence-corrected chi connectivity index (χ1v) is 7.07. The van der Waals surface area contributed by atoms with Gasteiger partial charge in [0.2, 0.25) is 0 Å². The zero-order valence-electron chi connectivity index (χ0n) is 12.3. The Hall–Kier alpha value is -1.24. The van der Waals surface area contributed by atoms with Gasteiger partial charge in [0, 0.05) is 25.7 Å². The van der Waals surface area contributed by atoms with E-state index < -0.39 is 17.7 Å². The number of aliphatic hydroxyl groups is 1. The smallest absolute Gasteiger partial charge is 0.162 e. The maximum absolute atomic E-state index is 13.0. The third-order valence-corrected chi connectivity index (χ3v) is 3.30. The summed E-state index contributed by atoms with van der Waals surface area (Å²) in [5.74, 6) is -1.67. The fourth-order valence-corrected chi connectivity index (χ4v) is 2.54. The zero-order chi connectivity index (χ0) is 15.4. The minimum absolute atomic E-state index is 0.0329. The van der Waals surface area contributed by atoms with Gasteiger partial charge >= 0.3 is 0 Å².